The van der Waals surface area contributed by atoms with Crippen LogP contribution in [0.2, 0.25) is 0 Å². The Hall–Kier alpha value is -1.46. The molecule has 1 rings (SSSR count). The predicted molar refractivity (Wildman–Crippen MR) is 60.9 cm³/mol. The summed E-state index contributed by atoms with van der Waals surface area (Å²) in [5.41, 5.74) is 0.600. The van der Waals surface area contributed by atoms with Crippen molar-refractivity contribution in [3.63, 3.8) is 0 Å². The summed E-state index contributed by atoms with van der Waals surface area (Å²) in [6.45, 7) is 2.32. The molecule has 1 atom stereocenters. The van der Waals surface area contributed by atoms with Gasteiger partial charge in [-0.3, -0.25) is 4.79 Å². The van der Waals surface area contributed by atoms with E-state index in [0.29, 0.717) is 12.2 Å². The van der Waals surface area contributed by atoms with E-state index in [4.69, 9.17) is 4.74 Å². The van der Waals surface area contributed by atoms with Gasteiger partial charge in [-0.1, -0.05) is 12.1 Å². The molecule has 0 aliphatic heterocycles. The Balaban J connectivity index is 2.32. The SMILES string of the molecule is CCOC(=O)CNCC(O)c1ccc(F)cc1. The van der Waals surface area contributed by atoms with Crippen LogP contribution in [0.25, 0.3) is 0 Å². The number of rotatable bonds is 6. The van der Waals surface area contributed by atoms with Gasteiger partial charge in [0, 0.05) is 6.54 Å². The van der Waals surface area contributed by atoms with E-state index in [9.17, 15) is 14.3 Å². The topological polar surface area (TPSA) is 58.6 Å². The van der Waals surface area contributed by atoms with Crippen LogP contribution in [0, 0.1) is 5.82 Å². The lowest BCUT2D eigenvalue weighted by molar-refractivity contribution is -0.142. The van der Waals surface area contributed by atoms with Crippen LogP contribution >= 0.6 is 0 Å². The van der Waals surface area contributed by atoms with Crippen molar-refractivity contribution in [1.82, 2.24) is 5.32 Å². The predicted octanol–water partition coefficient (Wildman–Crippen LogP) is 1.01. The van der Waals surface area contributed by atoms with Gasteiger partial charge in [0.05, 0.1) is 19.3 Å². The molecule has 94 valence electrons. The second-order valence-electron chi connectivity index (χ2n) is 3.50. The fraction of sp³-hybridized carbons (Fsp3) is 0.417. The highest BCUT2D eigenvalue weighted by Crippen LogP contribution is 2.12. The zero-order valence-electron chi connectivity index (χ0n) is 9.65. The van der Waals surface area contributed by atoms with Gasteiger partial charge < -0.3 is 15.2 Å². The summed E-state index contributed by atoms with van der Waals surface area (Å²) in [5, 5.41) is 12.5. The molecule has 0 heterocycles. The third kappa shape index (κ3) is 4.93. The maximum absolute atomic E-state index is 12.6. The Kier molecular flexibility index (Phi) is 5.59. The second kappa shape index (κ2) is 6.98. The van der Waals surface area contributed by atoms with E-state index < -0.39 is 6.10 Å². The van der Waals surface area contributed by atoms with Gasteiger partial charge in [0.15, 0.2) is 0 Å². The molecule has 0 fully saturated rings. The number of esters is 1. The lowest BCUT2D eigenvalue weighted by atomic mass is 10.1. The number of ether oxygens (including phenoxy) is 1. The molecule has 0 bridgehead atoms. The van der Waals surface area contributed by atoms with Crippen molar-refractivity contribution in [2.24, 2.45) is 0 Å². The molecule has 1 aromatic carbocycles. The maximum atomic E-state index is 12.6. The average Bonchev–Trinajstić information content (AvgIpc) is 2.30. The summed E-state index contributed by atoms with van der Waals surface area (Å²) in [6, 6.07) is 5.58. The summed E-state index contributed by atoms with van der Waals surface area (Å²) in [4.78, 5) is 11.0. The summed E-state index contributed by atoms with van der Waals surface area (Å²) in [6.07, 6.45) is -0.773. The quantitative estimate of drug-likeness (QED) is 0.730. The Morgan fingerprint density at radius 2 is 2.12 bits per heavy atom. The molecule has 0 amide bonds. The van der Waals surface area contributed by atoms with Gasteiger partial charge in [0.2, 0.25) is 0 Å². The molecule has 0 saturated heterocycles. The normalized spacial score (nSPS) is 12.2. The van der Waals surface area contributed by atoms with Gasteiger partial charge in [-0.05, 0) is 24.6 Å². The average molecular weight is 241 g/mol. The minimum atomic E-state index is -0.773. The molecule has 0 spiro atoms. The number of hydrogen-bond acceptors (Lipinski definition) is 4. The summed E-state index contributed by atoms with van der Waals surface area (Å²) < 4.78 is 17.3. The van der Waals surface area contributed by atoms with Crippen molar-refractivity contribution in [3.8, 4) is 0 Å². The number of aliphatic hydroxyl groups is 1. The zero-order chi connectivity index (χ0) is 12.7. The second-order valence-corrected chi connectivity index (χ2v) is 3.50. The van der Waals surface area contributed by atoms with Crippen LogP contribution in [0.5, 0.6) is 0 Å². The molecule has 1 aromatic rings. The van der Waals surface area contributed by atoms with E-state index in [1.54, 1.807) is 6.92 Å². The Labute approximate surface area is 99.4 Å². The zero-order valence-corrected chi connectivity index (χ0v) is 9.65. The molecule has 4 nitrogen and oxygen atoms in total. The van der Waals surface area contributed by atoms with Gasteiger partial charge >= 0.3 is 5.97 Å². The van der Waals surface area contributed by atoms with Crippen LogP contribution < -0.4 is 5.32 Å². The highest BCUT2D eigenvalue weighted by atomic mass is 19.1. The fourth-order valence-electron chi connectivity index (χ4n) is 1.33. The Bertz CT molecular complexity index is 353. The van der Waals surface area contributed by atoms with Crippen LogP contribution in [-0.4, -0.2) is 30.8 Å². The third-order valence-electron chi connectivity index (χ3n) is 2.17. The highest BCUT2D eigenvalue weighted by Gasteiger charge is 2.08. The molecule has 0 aliphatic rings. The van der Waals surface area contributed by atoms with E-state index in [2.05, 4.69) is 5.32 Å². The van der Waals surface area contributed by atoms with Crippen molar-refractivity contribution in [1.29, 1.82) is 0 Å². The van der Waals surface area contributed by atoms with Crippen molar-refractivity contribution < 1.29 is 19.0 Å². The first-order valence-electron chi connectivity index (χ1n) is 5.43. The third-order valence-corrected chi connectivity index (χ3v) is 2.17. The molecule has 5 heteroatoms. The number of hydrogen-bond donors (Lipinski definition) is 2. The number of aliphatic hydroxyl groups excluding tert-OH is 1. The molecular formula is C12H16FNO3. The maximum Gasteiger partial charge on any atom is 0.319 e. The standard InChI is InChI=1S/C12H16FNO3/c1-2-17-12(16)8-14-7-11(15)9-3-5-10(13)6-4-9/h3-6,11,14-15H,2,7-8H2,1H3. The molecule has 0 radical (unpaired) electrons. The number of halogens is 1. The van der Waals surface area contributed by atoms with Crippen LogP contribution in [0.4, 0.5) is 4.39 Å². The van der Waals surface area contributed by atoms with Gasteiger partial charge in [0.1, 0.15) is 5.82 Å². The Morgan fingerprint density at radius 1 is 1.47 bits per heavy atom. The number of carbonyl (C=O) groups is 1. The monoisotopic (exact) mass is 241 g/mol. The molecule has 17 heavy (non-hydrogen) atoms. The van der Waals surface area contributed by atoms with Crippen LogP contribution in [0.15, 0.2) is 24.3 Å². The molecule has 1 unspecified atom stereocenters. The van der Waals surface area contributed by atoms with Crippen molar-refractivity contribution >= 4 is 5.97 Å². The minimum Gasteiger partial charge on any atom is -0.465 e. The van der Waals surface area contributed by atoms with Crippen LogP contribution in [0.1, 0.15) is 18.6 Å². The smallest absolute Gasteiger partial charge is 0.319 e. The minimum absolute atomic E-state index is 0.0477. The van der Waals surface area contributed by atoms with Crippen LogP contribution in [-0.2, 0) is 9.53 Å². The first-order chi connectivity index (χ1) is 8.13. The van der Waals surface area contributed by atoms with E-state index >= 15 is 0 Å². The van der Waals surface area contributed by atoms with Gasteiger partial charge in [-0.15, -0.1) is 0 Å². The number of benzene rings is 1. The van der Waals surface area contributed by atoms with E-state index in [1.165, 1.54) is 24.3 Å². The molecule has 0 aromatic heterocycles. The van der Waals surface area contributed by atoms with Crippen molar-refractivity contribution in [2.75, 3.05) is 19.7 Å². The van der Waals surface area contributed by atoms with Crippen LogP contribution in [0.3, 0.4) is 0 Å². The lowest BCUT2D eigenvalue weighted by Gasteiger charge is -2.11. The molecule has 2 N–H and O–H groups in total. The summed E-state index contributed by atoms with van der Waals surface area (Å²) in [7, 11) is 0. The molecule has 0 saturated carbocycles. The Morgan fingerprint density at radius 3 is 2.71 bits per heavy atom. The van der Waals surface area contributed by atoms with E-state index in [-0.39, 0.29) is 24.9 Å². The first-order valence-corrected chi connectivity index (χ1v) is 5.43. The summed E-state index contributed by atoms with van der Waals surface area (Å²) in [5.74, 6) is -0.709. The van der Waals surface area contributed by atoms with Crippen molar-refractivity contribution in [2.45, 2.75) is 13.0 Å². The van der Waals surface area contributed by atoms with Gasteiger partial charge in [-0.25, -0.2) is 4.39 Å². The van der Waals surface area contributed by atoms with Crippen molar-refractivity contribution in [3.05, 3.63) is 35.6 Å². The number of nitrogens with one attached hydrogen (secondary N) is 1. The molecule has 0 aliphatic carbocycles. The first kappa shape index (κ1) is 13.6. The fourth-order valence-corrected chi connectivity index (χ4v) is 1.33. The number of carbonyl (C=O) groups excluding carboxylic acids is 1. The molecular weight excluding hydrogens is 225 g/mol. The van der Waals surface area contributed by atoms with Gasteiger partial charge in [0.25, 0.3) is 0 Å². The lowest BCUT2D eigenvalue weighted by Crippen LogP contribution is -2.28. The van der Waals surface area contributed by atoms with E-state index in [0.717, 1.165) is 0 Å². The summed E-state index contributed by atoms with van der Waals surface area (Å²) >= 11 is 0. The largest absolute Gasteiger partial charge is 0.465 e. The highest BCUT2D eigenvalue weighted by molar-refractivity contribution is 5.71. The van der Waals surface area contributed by atoms with Gasteiger partial charge in [-0.2, -0.15) is 0 Å². The van der Waals surface area contributed by atoms with E-state index in [1.807, 2.05) is 0 Å².